The zero-order valence-electron chi connectivity index (χ0n) is 10.4. The quantitative estimate of drug-likeness (QED) is 0.573. The molecular formula is C12H24N2O2. The first-order valence-electron chi connectivity index (χ1n) is 6.23. The molecule has 2 N–H and O–H groups in total. The van der Waals surface area contributed by atoms with Crippen molar-refractivity contribution in [3.05, 3.63) is 0 Å². The minimum Gasteiger partial charge on any atom is -0.379 e. The van der Waals surface area contributed by atoms with E-state index in [0.717, 1.165) is 19.1 Å². The van der Waals surface area contributed by atoms with Gasteiger partial charge >= 0.3 is 0 Å². The van der Waals surface area contributed by atoms with Gasteiger partial charge in [-0.1, -0.05) is 13.8 Å². The molecule has 1 rings (SSSR count). The number of nitrogens with one attached hydrogen (secondary N) is 2. The molecule has 4 nitrogen and oxygen atoms in total. The maximum Gasteiger partial charge on any atom is 0.234 e. The average molecular weight is 228 g/mol. The zero-order chi connectivity index (χ0) is 11.8. The number of hydrogen-bond acceptors (Lipinski definition) is 3. The van der Waals surface area contributed by atoms with Crippen LogP contribution >= 0.6 is 0 Å². The molecule has 1 amide bonds. The molecule has 94 valence electrons. The maximum atomic E-state index is 11.3. The van der Waals surface area contributed by atoms with Gasteiger partial charge in [-0.05, 0) is 31.2 Å². The van der Waals surface area contributed by atoms with Crippen LogP contribution in [0.3, 0.4) is 0 Å². The molecular weight excluding hydrogens is 204 g/mol. The lowest BCUT2D eigenvalue weighted by molar-refractivity contribution is -0.120. The van der Waals surface area contributed by atoms with Crippen molar-refractivity contribution in [2.45, 2.75) is 26.7 Å². The van der Waals surface area contributed by atoms with E-state index in [1.54, 1.807) is 0 Å². The van der Waals surface area contributed by atoms with Crippen LogP contribution in [0.1, 0.15) is 26.7 Å². The molecule has 0 atom stereocenters. The molecule has 0 aromatic rings. The third-order valence-corrected chi connectivity index (χ3v) is 2.44. The summed E-state index contributed by atoms with van der Waals surface area (Å²) in [6.45, 7) is 7.61. The van der Waals surface area contributed by atoms with Crippen LogP contribution < -0.4 is 10.6 Å². The number of hydrogen-bond donors (Lipinski definition) is 2. The normalized spacial score (nSPS) is 15.4. The lowest BCUT2D eigenvalue weighted by Crippen LogP contribution is -2.36. The summed E-state index contributed by atoms with van der Waals surface area (Å²) < 4.78 is 5.36. The fourth-order valence-electron chi connectivity index (χ4n) is 1.36. The Morgan fingerprint density at radius 3 is 2.81 bits per heavy atom. The topological polar surface area (TPSA) is 50.4 Å². The first-order chi connectivity index (χ1) is 7.68. The highest BCUT2D eigenvalue weighted by Gasteiger charge is 2.20. The molecule has 4 heteroatoms. The fourth-order valence-corrected chi connectivity index (χ4v) is 1.36. The number of ether oxygens (including phenoxy) is 1. The molecule has 1 aliphatic rings. The van der Waals surface area contributed by atoms with Gasteiger partial charge in [-0.3, -0.25) is 4.79 Å². The van der Waals surface area contributed by atoms with Crippen molar-refractivity contribution in [2.75, 3.05) is 32.8 Å². The number of carbonyl (C=O) groups is 1. The predicted molar refractivity (Wildman–Crippen MR) is 64.3 cm³/mol. The van der Waals surface area contributed by atoms with Crippen molar-refractivity contribution in [2.24, 2.45) is 11.8 Å². The molecule has 1 aliphatic carbocycles. The van der Waals surface area contributed by atoms with Gasteiger partial charge in [0, 0.05) is 13.2 Å². The standard InChI is InChI=1S/C12H24N2O2/c1-10(2)9-16-6-5-14-12(15)8-13-7-11-3-4-11/h10-11,13H,3-9H2,1-2H3,(H,14,15). The first-order valence-corrected chi connectivity index (χ1v) is 6.23. The highest BCUT2D eigenvalue weighted by molar-refractivity contribution is 5.77. The summed E-state index contributed by atoms with van der Waals surface area (Å²) in [5.74, 6) is 1.44. The van der Waals surface area contributed by atoms with Gasteiger partial charge in [0.15, 0.2) is 0 Å². The summed E-state index contributed by atoms with van der Waals surface area (Å²) in [5.41, 5.74) is 0. The second-order valence-corrected chi connectivity index (χ2v) is 4.89. The Morgan fingerprint density at radius 2 is 2.19 bits per heavy atom. The van der Waals surface area contributed by atoms with Gasteiger partial charge in [-0.25, -0.2) is 0 Å². The summed E-state index contributed by atoms with van der Waals surface area (Å²) in [5, 5.41) is 5.98. The van der Waals surface area contributed by atoms with E-state index in [4.69, 9.17) is 4.74 Å². The molecule has 0 heterocycles. The van der Waals surface area contributed by atoms with Gasteiger partial charge in [0.25, 0.3) is 0 Å². The average Bonchev–Trinajstić information content (AvgIpc) is 3.00. The molecule has 1 fully saturated rings. The lowest BCUT2D eigenvalue weighted by Gasteiger charge is -2.08. The van der Waals surface area contributed by atoms with Crippen LogP contribution in [0.25, 0.3) is 0 Å². The van der Waals surface area contributed by atoms with Crippen molar-refractivity contribution in [1.29, 1.82) is 0 Å². The van der Waals surface area contributed by atoms with Crippen LogP contribution in [0.15, 0.2) is 0 Å². The molecule has 0 unspecified atom stereocenters. The maximum absolute atomic E-state index is 11.3. The third-order valence-electron chi connectivity index (χ3n) is 2.44. The third kappa shape index (κ3) is 7.65. The Bertz CT molecular complexity index is 203. The molecule has 16 heavy (non-hydrogen) atoms. The second kappa shape index (κ2) is 7.63. The summed E-state index contributed by atoms with van der Waals surface area (Å²) >= 11 is 0. The van der Waals surface area contributed by atoms with Crippen LogP contribution in [0.5, 0.6) is 0 Å². The number of carbonyl (C=O) groups excluding carboxylic acids is 1. The number of rotatable bonds is 9. The Morgan fingerprint density at radius 1 is 1.44 bits per heavy atom. The molecule has 0 radical (unpaired) electrons. The van der Waals surface area contributed by atoms with Gasteiger partial charge < -0.3 is 15.4 Å². The van der Waals surface area contributed by atoms with Crippen molar-refractivity contribution in [1.82, 2.24) is 10.6 Å². The predicted octanol–water partition coefficient (Wildman–Crippen LogP) is 0.775. The van der Waals surface area contributed by atoms with E-state index < -0.39 is 0 Å². The minimum atomic E-state index is 0.0637. The monoisotopic (exact) mass is 228 g/mol. The van der Waals surface area contributed by atoms with Gasteiger partial charge in [0.2, 0.25) is 5.91 Å². The van der Waals surface area contributed by atoms with Gasteiger partial charge in [-0.2, -0.15) is 0 Å². The van der Waals surface area contributed by atoms with E-state index in [9.17, 15) is 4.79 Å². The second-order valence-electron chi connectivity index (χ2n) is 4.89. The van der Waals surface area contributed by atoms with Crippen molar-refractivity contribution < 1.29 is 9.53 Å². The molecule has 0 aliphatic heterocycles. The molecule has 1 saturated carbocycles. The highest BCUT2D eigenvalue weighted by Crippen LogP contribution is 2.27. The van der Waals surface area contributed by atoms with Crippen LogP contribution in [0.4, 0.5) is 0 Å². The van der Waals surface area contributed by atoms with Crippen LogP contribution in [-0.4, -0.2) is 38.8 Å². The summed E-state index contributed by atoms with van der Waals surface area (Å²) in [4.78, 5) is 11.3. The van der Waals surface area contributed by atoms with Gasteiger partial charge in [0.05, 0.1) is 13.2 Å². The van der Waals surface area contributed by atoms with Crippen molar-refractivity contribution >= 4 is 5.91 Å². The summed E-state index contributed by atoms with van der Waals surface area (Å²) in [6.07, 6.45) is 2.63. The Balaban J connectivity index is 1.81. The highest BCUT2D eigenvalue weighted by atomic mass is 16.5. The first kappa shape index (κ1) is 13.5. The zero-order valence-corrected chi connectivity index (χ0v) is 10.4. The summed E-state index contributed by atoms with van der Waals surface area (Å²) in [6, 6.07) is 0. The summed E-state index contributed by atoms with van der Waals surface area (Å²) in [7, 11) is 0. The SMILES string of the molecule is CC(C)COCCNC(=O)CNCC1CC1. The smallest absolute Gasteiger partial charge is 0.234 e. The Kier molecular flexibility index (Phi) is 6.42. The van der Waals surface area contributed by atoms with Crippen LogP contribution in [0.2, 0.25) is 0 Å². The Labute approximate surface area is 98.1 Å². The molecule has 0 saturated heterocycles. The van der Waals surface area contributed by atoms with E-state index >= 15 is 0 Å². The van der Waals surface area contributed by atoms with E-state index in [2.05, 4.69) is 24.5 Å². The van der Waals surface area contributed by atoms with Crippen molar-refractivity contribution in [3.63, 3.8) is 0 Å². The molecule has 0 aromatic carbocycles. The van der Waals surface area contributed by atoms with E-state index in [-0.39, 0.29) is 5.91 Å². The lowest BCUT2D eigenvalue weighted by atomic mass is 10.2. The van der Waals surface area contributed by atoms with Crippen molar-refractivity contribution in [3.8, 4) is 0 Å². The fraction of sp³-hybridized carbons (Fsp3) is 0.917. The number of amides is 1. The molecule has 0 aromatic heterocycles. The van der Waals surface area contributed by atoms with Crippen LogP contribution in [-0.2, 0) is 9.53 Å². The minimum absolute atomic E-state index is 0.0637. The van der Waals surface area contributed by atoms with E-state index in [0.29, 0.717) is 25.6 Å². The molecule has 0 spiro atoms. The molecule has 0 bridgehead atoms. The van der Waals surface area contributed by atoms with E-state index in [1.807, 2.05) is 0 Å². The Hall–Kier alpha value is -0.610. The van der Waals surface area contributed by atoms with Crippen LogP contribution in [0, 0.1) is 11.8 Å². The van der Waals surface area contributed by atoms with E-state index in [1.165, 1.54) is 12.8 Å². The van der Waals surface area contributed by atoms with Gasteiger partial charge in [0.1, 0.15) is 0 Å². The van der Waals surface area contributed by atoms with Gasteiger partial charge in [-0.15, -0.1) is 0 Å². The largest absolute Gasteiger partial charge is 0.379 e.